The van der Waals surface area contributed by atoms with Gasteiger partial charge in [0.05, 0.1) is 6.61 Å². The van der Waals surface area contributed by atoms with Gasteiger partial charge in [0.1, 0.15) is 0 Å². The fraction of sp³-hybridized carbons (Fsp3) is 0.647. The third-order valence-electron chi connectivity index (χ3n) is 3.51. The molecule has 0 bridgehead atoms. The van der Waals surface area contributed by atoms with Crippen molar-refractivity contribution < 1.29 is 5.11 Å². The van der Waals surface area contributed by atoms with E-state index in [1.54, 1.807) is 0 Å². The molecule has 0 aliphatic rings. The van der Waals surface area contributed by atoms with Crippen LogP contribution in [0.25, 0.3) is 0 Å². The maximum Gasteiger partial charge on any atom is 0.0702 e. The summed E-state index contributed by atoms with van der Waals surface area (Å²) in [5.74, 6) is 1.35. The van der Waals surface area contributed by atoms with Crippen LogP contribution in [0.2, 0.25) is 5.02 Å². The Labute approximate surface area is 128 Å². The maximum atomic E-state index is 9.54. The Bertz CT molecular complexity index is 392. The Hall–Kier alpha value is -0.730. The molecule has 0 fully saturated rings. The molecule has 2 nitrogen and oxygen atoms in total. The minimum absolute atomic E-state index is 0.0619. The highest BCUT2D eigenvalue weighted by Crippen LogP contribution is 2.26. The molecule has 0 aliphatic heterocycles. The Balaban J connectivity index is 2.92. The molecule has 1 rings (SSSR count). The molecular formula is C17H28ClNO. The highest BCUT2D eigenvalue weighted by Gasteiger charge is 2.13. The first-order chi connectivity index (χ1) is 9.43. The molecule has 0 spiro atoms. The predicted molar refractivity (Wildman–Crippen MR) is 88.5 cm³/mol. The number of hydrogen-bond donors (Lipinski definition) is 1. The van der Waals surface area contributed by atoms with Gasteiger partial charge >= 0.3 is 0 Å². The van der Waals surface area contributed by atoms with Gasteiger partial charge in [0, 0.05) is 29.4 Å². The molecule has 0 unspecified atom stereocenters. The van der Waals surface area contributed by atoms with Gasteiger partial charge in [-0.05, 0) is 36.8 Å². The highest BCUT2D eigenvalue weighted by atomic mass is 35.5. The van der Waals surface area contributed by atoms with Crippen LogP contribution in [0.3, 0.4) is 0 Å². The molecule has 1 aromatic carbocycles. The summed E-state index contributed by atoms with van der Waals surface area (Å²) in [4.78, 5) is 2.37. The van der Waals surface area contributed by atoms with E-state index in [-0.39, 0.29) is 6.61 Å². The lowest BCUT2D eigenvalue weighted by molar-refractivity contribution is 0.282. The summed E-state index contributed by atoms with van der Waals surface area (Å²) >= 11 is 6.13. The molecule has 0 aromatic heterocycles. The van der Waals surface area contributed by atoms with Crippen LogP contribution in [0.4, 0.5) is 5.69 Å². The Morgan fingerprint density at radius 1 is 1.05 bits per heavy atom. The topological polar surface area (TPSA) is 23.5 Å². The highest BCUT2D eigenvalue weighted by molar-refractivity contribution is 6.30. The predicted octanol–water partition coefficient (Wildman–Crippen LogP) is 4.73. The van der Waals surface area contributed by atoms with Crippen molar-refractivity contribution in [1.29, 1.82) is 0 Å². The Morgan fingerprint density at radius 2 is 1.60 bits per heavy atom. The molecule has 20 heavy (non-hydrogen) atoms. The van der Waals surface area contributed by atoms with Gasteiger partial charge in [-0.1, -0.05) is 45.4 Å². The van der Waals surface area contributed by atoms with Gasteiger partial charge in [-0.25, -0.2) is 0 Å². The third-order valence-corrected chi connectivity index (χ3v) is 3.75. The second-order valence-electron chi connectivity index (χ2n) is 6.28. The summed E-state index contributed by atoms with van der Waals surface area (Å²) < 4.78 is 0. The van der Waals surface area contributed by atoms with Gasteiger partial charge in [-0.15, -0.1) is 0 Å². The summed E-state index contributed by atoms with van der Waals surface area (Å²) in [5, 5.41) is 10.3. The summed E-state index contributed by atoms with van der Waals surface area (Å²) in [6.45, 7) is 11.1. The van der Waals surface area contributed by atoms with E-state index >= 15 is 0 Å². The second kappa shape index (κ2) is 8.53. The quantitative estimate of drug-likeness (QED) is 0.750. The van der Waals surface area contributed by atoms with E-state index < -0.39 is 0 Å². The Kier molecular flexibility index (Phi) is 7.39. The van der Waals surface area contributed by atoms with Crippen molar-refractivity contribution in [2.75, 3.05) is 18.0 Å². The first kappa shape index (κ1) is 17.3. The molecule has 0 saturated carbocycles. The van der Waals surface area contributed by atoms with Crippen molar-refractivity contribution in [2.24, 2.45) is 11.8 Å². The number of anilines is 1. The second-order valence-corrected chi connectivity index (χ2v) is 6.72. The van der Waals surface area contributed by atoms with Crippen molar-refractivity contribution in [3.63, 3.8) is 0 Å². The van der Waals surface area contributed by atoms with Crippen LogP contribution >= 0.6 is 11.6 Å². The summed E-state index contributed by atoms with van der Waals surface area (Å²) in [5.41, 5.74) is 2.04. The molecule has 0 heterocycles. The van der Waals surface area contributed by atoms with E-state index in [2.05, 4.69) is 32.6 Å². The zero-order chi connectivity index (χ0) is 15.1. The lowest BCUT2D eigenvalue weighted by atomic mass is 10.1. The monoisotopic (exact) mass is 297 g/mol. The van der Waals surface area contributed by atoms with Crippen LogP contribution in [-0.2, 0) is 6.61 Å². The first-order valence-corrected chi connectivity index (χ1v) is 7.96. The van der Waals surface area contributed by atoms with Crippen LogP contribution in [-0.4, -0.2) is 18.2 Å². The van der Waals surface area contributed by atoms with Crippen LogP contribution in [0.15, 0.2) is 18.2 Å². The summed E-state index contributed by atoms with van der Waals surface area (Å²) in [6, 6.07) is 5.75. The first-order valence-electron chi connectivity index (χ1n) is 7.58. The summed E-state index contributed by atoms with van der Waals surface area (Å²) in [6.07, 6.45) is 2.30. The molecule has 3 heteroatoms. The maximum absolute atomic E-state index is 9.54. The molecule has 1 N–H and O–H groups in total. The molecular weight excluding hydrogens is 270 g/mol. The standard InChI is InChI=1S/C17H28ClNO/c1-13(2)7-9-19(10-8-14(3)4)17-11-16(18)6-5-15(17)12-20/h5-6,11,13-14,20H,7-10,12H2,1-4H3. The number of rotatable bonds is 8. The van der Waals surface area contributed by atoms with E-state index in [4.69, 9.17) is 11.6 Å². The normalized spacial score (nSPS) is 11.4. The van der Waals surface area contributed by atoms with E-state index in [0.29, 0.717) is 11.8 Å². The van der Waals surface area contributed by atoms with Crippen molar-refractivity contribution in [3.05, 3.63) is 28.8 Å². The smallest absolute Gasteiger partial charge is 0.0702 e. The van der Waals surface area contributed by atoms with Gasteiger partial charge < -0.3 is 10.0 Å². The fourth-order valence-corrected chi connectivity index (χ4v) is 2.31. The van der Waals surface area contributed by atoms with Crippen LogP contribution < -0.4 is 4.90 Å². The molecule has 1 aromatic rings. The van der Waals surface area contributed by atoms with Crippen molar-refractivity contribution in [1.82, 2.24) is 0 Å². The number of aliphatic hydroxyl groups excluding tert-OH is 1. The fourth-order valence-electron chi connectivity index (χ4n) is 2.15. The number of benzene rings is 1. The zero-order valence-corrected chi connectivity index (χ0v) is 14.0. The average molecular weight is 298 g/mol. The van der Waals surface area contributed by atoms with Gasteiger partial charge in [-0.3, -0.25) is 0 Å². The van der Waals surface area contributed by atoms with E-state index in [9.17, 15) is 5.11 Å². The third kappa shape index (κ3) is 5.72. The molecule has 0 saturated heterocycles. The number of nitrogens with zero attached hydrogens (tertiary/aromatic N) is 1. The van der Waals surface area contributed by atoms with E-state index in [0.717, 1.165) is 42.2 Å². The lowest BCUT2D eigenvalue weighted by Gasteiger charge is -2.28. The molecule has 0 aliphatic carbocycles. The molecule has 114 valence electrons. The molecule has 0 radical (unpaired) electrons. The SMILES string of the molecule is CC(C)CCN(CCC(C)C)c1cc(Cl)ccc1CO. The molecule has 0 atom stereocenters. The Morgan fingerprint density at radius 3 is 2.05 bits per heavy atom. The minimum atomic E-state index is 0.0619. The van der Waals surface area contributed by atoms with Crippen LogP contribution in [0.1, 0.15) is 46.1 Å². The van der Waals surface area contributed by atoms with Crippen LogP contribution in [0.5, 0.6) is 0 Å². The summed E-state index contributed by atoms with van der Waals surface area (Å²) in [7, 11) is 0. The average Bonchev–Trinajstić information content (AvgIpc) is 2.38. The molecule has 0 amide bonds. The van der Waals surface area contributed by atoms with Crippen LogP contribution in [0, 0.1) is 11.8 Å². The lowest BCUT2D eigenvalue weighted by Crippen LogP contribution is -2.28. The number of halogens is 1. The number of aliphatic hydroxyl groups is 1. The van der Waals surface area contributed by atoms with Crippen molar-refractivity contribution >= 4 is 17.3 Å². The van der Waals surface area contributed by atoms with E-state index in [1.165, 1.54) is 0 Å². The van der Waals surface area contributed by atoms with Crippen molar-refractivity contribution in [2.45, 2.75) is 47.1 Å². The van der Waals surface area contributed by atoms with E-state index in [1.807, 2.05) is 18.2 Å². The largest absolute Gasteiger partial charge is 0.392 e. The van der Waals surface area contributed by atoms with Gasteiger partial charge in [-0.2, -0.15) is 0 Å². The van der Waals surface area contributed by atoms with Gasteiger partial charge in [0.15, 0.2) is 0 Å². The number of hydrogen-bond acceptors (Lipinski definition) is 2. The van der Waals surface area contributed by atoms with Gasteiger partial charge in [0.2, 0.25) is 0 Å². The minimum Gasteiger partial charge on any atom is -0.392 e. The zero-order valence-electron chi connectivity index (χ0n) is 13.2. The van der Waals surface area contributed by atoms with Crippen molar-refractivity contribution in [3.8, 4) is 0 Å². The van der Waals surface area contributed by atoms with Gasteiger partial charge in [0.25, 0.3) is 0 Å².